The quantitative estimate of drug-likeness (QED) is 0.917. The zero-order valence-electron chi connectivity index (χ0n) is 8.30. The Morgan fingerprint density at radius 3 is 2.73 bits per heavy atom. The molecule has 1 saturated heterocycles. The van der Waals surface area contributed by atoms with Gasteiger partial charge in [0, 0.05) is 9.89 Å². The summed E-state index contributed by atoms with van der Waals surface area (Å²) in [4.78, 5) is 0. The van der Waals surface area contributed by atoms with Gasteiger partial charge < -0.3 is 10.5 Å². The monoisotopic (exact) mass is 273 g/mol. The smallest absolute Gasteiger partial charge is 0.127 e. The van der Waals surface area contributed by atoms with Crippen LogP contribution in [-0.4, -0.2) is 19.8 Å². The first-order valence-electron chi connectivity index (χ1n) is 4.91. The van der Waals surface area contributed by atoms with Gasteiger partial charge in [-0.05, 0) is 36.7 Å². The molecule has 4 heteroatoms. The van der Waals surface area contributed by atoms with Gasteiger partial charge in [0.25, 0.3) is 0 Å². The largest absolute Gasteiger partial charge is 0.379 e. The summed E-state index contributed by atoms with van der Waals surface area (Å²) in [6.45, 7) is 1.68. The number of rotatable bonds is 3. The molecule has 0 bridgehead atoms. The van der Waals surface area contributed by atoms with Gasteiger partial charge in [-0.2, -0.15) is 0 Å². The van der Waals surface area contributed by atoms with Crippen LogP contribution in [0.4, 0.5) is 4.39 Å². The van der Waals surface area contributed by atoms with E-state index in [1.807, 2.05) is 6.07 Å². The number of benzene rings is 1. The number of hydrogen-bond acceptors (Lipinski definition) is 2. The van der Waals surface area contributed by atoms with Crippen molar-refractivity contribution in [3.05, 3.63) is 34.1 Å². The summed E-state index contributed by atoms with van der Waals surface area (Å²) in [6, 6.07) is 5.01. The molecular weight excluding hydrogens is 261 g/mol. The maximum Gasteiger partial charge on any atom is 0.127 e. The zero-order valence-corrected chi connectivity index (χ0v) is 9.89. The molecule has 1 aliphatic heterocycles. The highest BCUT2D eigenvalue weighted by atomic mass is 79.9. The van der Waals surface area contributed by atoms with E-state index >= 15 is 0 Å². The van der Waals surface area contributed by atoms with Crippen LogP contribution < -0.4 is 5.73 Å². The Morgan fingerprint density at radius 1 is 1.47 bits per heavy atom. The van der Waals surface area contributed by atoms with E-state index in [0.29, 0.717) is 25.3 Å². The van der Waals surface area contributed by atoms with Gasteiger partial charge in [-0.3, -0.25) is 0 Å². The Hall–Kier alpha value is -0.450. The fourth-order valence-electron chi connectivity index (χ4n) is 1.96. The van der Waals surface area contributed by atoms with E-state index in [-0.39, 0.29) is 11.2 Å². The lowest BCUT2D eigenvalue weighted by molar-refractivity contribution is -0.0647. The third kappa shape index (κ3) is 1.94. The first-order valence-corrected chi connectivity index (χ1v) is 5.71. The minimum atomic E-state index is -0.206. The van der Waals surface area contributed by atoms with Gasteiger partial charge in [0.05, 0.1) is 13.2 Å². The molecule has 1 aromatic carbocycles. The van der Waals surface area contributed by atoms with Gasteiger partial charge in [-0.1, -0.05) is 15.9 Å². The lowest BCUT2D eigenvalue weighted by atomic mass is 9.75. The Morgan fingerprint density at radius 2 is 2.20 bits per heavy atom. The minimum Gasteiger partial charge on any atom is -0.379 e. The molecule has 1 aromatic rings. The molecule has 0 saturated carbocycles. The van der Waals surface area contributed by atoms with Gasteiger partial charge in [0.2, 0.25) is 0 Å². The molecule has 0 atom stereocenters. The maximum absolute atomic E-state index is 13.7. The second-order valence-electron chi connectivity index (χ2n) is 3.94. The Kier molecular flexibility index (Phi) is 3.09. The number of halogens is 2. The van der Waals surface area contributed by atoms with Crippen molar-refractivity contribution >= 4 is 15.9 Å². The summed E-state index contributed by atoms with van der Waals surface area (Å²) in [7, 11) is 0. The molecule has 0 spiro atoms. The Labute approximate surface area is 96.7 Å². The third-order valence-electron chi connectivity index (χ3n) is 2.88. The van der Waals surface area contributed by atoms with Gasteiger partial charge in [0.1, 0.15) is 5.82 Å². The highest BCUT2D eigenvalue weighted by Gasteiger charge is 2.41. The van der Waals surface area contributed by atoms with E-state index in [9.17, 15) is 4.39 Å². The van der Waals surface area contributed by atoms with Gasteiger partial charge in [0.15, 0.2) is 0 Å². The maximum atomic E-state index is 13.7. The first kappa shape index (κ1) is 11.0. The van der Waals surface area contributed by atoms with Crippen molar-refractivity contribution in [1.29, 1.82) is 0 Å². The first-order chi connectivity index (χ1) is 7.18. The number of ether oxygens (including phenoxy) is 1. The van der Waals surface area contributed by atoms with Crippen LogP contribution in [0.25, 0.3) is 0 Å². The summed E-state index contributed by atoms with van der Waals surface area (Å²) >= 11 is 3.35. The van der Waals surface area contributed by atoms with Crippen LogP contribution in [0, 0.1) is 5.82 Å². The average molecular weight is 274 g/mol. The van der Waals surface area contributed by atoms with E-state index in [1.165, 1.54) is 6.07 Å². The normalized spacial score (nSPS) is 18.6. The SMILES string of the molecule is NCCC1(c2cc(Br)ccc2F)COC1. The van der Waals surface area contributed by atoms with E-state index < -0.39 is 0 Å². The standard InChI is InChI=1S/C11H13BrFNO/c12-8-1-2-10(13)9(5-8)11(3-4-14)6-15-7-11/h1-2,5H,3-4,6-7,14H2. The minimum absolute atomic E-state index is 0.171. The molecule has 0 radical (unpaired) electrons. The molecule has 0 aliphatic carbocycles. The van der Waals surface area contributed by atoms with Crippen molar-refractivity contribution < 1.29 is 9.13 Å². The van der Waals surface area contributed by atoms with Crippen LogP contribution in [0.1, 0.15) is 12.0 Å². The second-order valence-corrected chi connectivity index (χ2v) is 4.85. The van der Waals surface area contributed by atoms with E-state index in [1.54, 1.807) is 6.07 Å². The molecule has 15 heavy (non-hydrogen) atoms. The van der Waals surface area contributed by atoms with E-state index in [0.717, 1.165) is 10.9 Å². The van der Waals surface area contributed by atoms with Crippen LogP contribution in [-0.2, 0) is 10.2 Å². The van der Waals surface area contributed by atoms with Crippen molar-refractivity contribution in [2.24, 2.45) is 5.73 Å². The molecule has 0 aromatic heterocycles. The number of nitrogens with two attached hydrogens (primary N) is 1. The summed E-state index contributed by atoms with van der Waals surface area (Å²) in [5, 5.41) is 0. The predicted octanol–water partition coefficient (Wildman–Crippen LogP) is 2.21. The summed E-state index contributed by atoms with van der Waals surface area (Å²) in [6.07, 6.45) is 0.764. The van der Waals surface area contributed by atoms with Crippen LogP contribution in [0.3, 0.4) is 0 Å². The predicted molar refractivity (Wildman–Crippen MR) is 60.3 cm³/mol. The topological polar surface area (TPSA) is 35.2 Å². The van der Waals surface area contributed by atoms with Crippen LogP contribution in [0.5, 0.6) is 0 Å². The van der Waals surface area contributed by atoms with Crippen LogP contribution >= 0.6 is 15.9 Å². The molecule has 0 unspecified atom stereocenters. The summed E-state index contributed by atoms with van der Waals surface area (Å²) in [5.41, 5.74) is 6.07. The fourth-order valence-corrected chi connectivity index (χ4v) is 2.32. The van der Waals surface area contributed by atoms with Gasteiger partial charge >= 0.3 is 0 Å². The lowest BCUT2D eigenvalue weighted by Gasteiger charge is -2.42. The molecule has 2 rings (SSSR count). The molecule has 82 valence electrons. The van der Waals surface area contributed by atoms with E-state index in [2.05, 4.69) is 15.9 Å². The van der Waals surface area contributed by atoms with Gasteiger partial charge in [-0.25, -0.2) is 4.39 Å². The van der Waals surface area contributed by atoms with E-state index in [4.69, 9.17) is 10.5 Å². The molecular formula is C11H13BrFNO. The van der Waals surface area contributed by atoms with Crippen LogP contribution in [0.15, 0.2) is 22.7 Å². The van der Waals surface area contributed by atoms with Crippen molar-refractivity contribution in [2.75, 3.05) is 19.8 Å². The molecule has 1 fully saturated rings. The fraction of sp³-hybridized carbons (Fsp3) is 0.455. The number of hydrogen-bond donors (Lipinski definition) is 1. The lowest BCUT2D eigenvalue weighted by Crippen LogP contribution is -2.48. The molecule has 2 nitrogen and oxygen atoms in total. The summed E-state index contributed by atoms with van der Waals surface area (Å²) < 4.78 is 19.8. The van der Waals surface area contributed by atoms with Gasteiger partial charge in [-0.15, -0.1) is 0 Å². The van der Waals surface area contributed by atoms with Crippen molar-refractivity contribution in [3.8, 4) is 0 Å². The highest BCUT2D eigenvalue weighted by molar-refractivity contribution is 9.10. The van der Waals surface area contributed by atoms with Crippen LogP contribution in [0.2, 0.25) is 0 Å². The zero-order chi connectivity index (χ0) is 10.9. The average Bonchev–Trinajstić information content (AvgIpc) is 2.16. The van der Waals surface area contributed by atoms with Crippen molar-refractivity contribution in [2.45, 2.75) is 11.8 Å². The molecule has 1 aliphatic rings. The third-order valence-corrected chi connectivity index (χ3v) is 3.37. The molecule has 1 heterocycles. The Bertz CT molecular complexity index is 366. The van der Waals surface area contributed by atoms with Crippen molar-refractivity contribution in [3.63, 3.8) is 0 Å². The molecule has 0 amide bonds. The second kappa shape index (κ2) is 4.20. The Balaban J connectivity index is 2.37. The molecule has 2 N–H and O–H groups in total. The summed E-state index contributed by atoms with van der Waals surface area (Å²) in [5.74, 6) is -0.171. The highest BCUT2D eigenvalue weighted by Crippen LogP contribution is 2.37. The van der Waals surface area contributed by atoms with Crippen molar-refractivity contribution in [1.82, 2.24) is 0 Å².